The molecule has 0 radical (unpaired) electrons. The van der Waals surface area contributed by atoms with Gasteiger partial charge in [-0.1, -0.05) is 43.6 Å². The maximum Gasteiger partial charge on any atom is 0.122 e. The molecular formula is C16H20ClNOS. The van der Waals surface area contributed by atoms with Crippen LogP contribution < -0.4 is 10.1 Å². The molecule has 0 atom stereocenters. The van der Waals surface area contributed by atoms with Gasteiger partial charge in [-0.05, 0) is 29.7 Å². The lowest BCUT2D eigenvalue weighted by Crippen LogP contribution is -2.20. The SMILES string of the molecule is CC(C)c1ccccc1OCCNCc1ccc(Cl)s1. The number of para-hydroxylation sites is 1. The molecule has 0 fully saturated rings. The fraction of sp³-hybridized carbons (Fsp3) is 0.375. The largest absolute Gasteiger partial charge is 0.492 e. The van der Waals surface area contributed by atoms with Crippen molar-refractivity contribution in [3.8, 4) is 5.75 Å². The van der Waals surface area contributed by atoms with Crippen LogP contribution in [-0.4, -0.2) is 13.2 Å². The van der Waals surface area contributed by atoms with E-state index >= 15 is 0 Å². The smallest absolute Gasteiger partial charge is 0.122 e. The molecule has 2 aromatic rings. The second kappa shape index (κ2) is 7.67. The van der Waals surface area contributed by atoms with Crippen LogP contribution in [-0.2, 0) is 6.54 Å². The average Bonchev–Trinajstić information content (AvgIpc) is 2.84. The van der Waals surface area contributed by atoms with Gasteiger partial charge in [0, 0.05) is 18.0 Å². The van der Waals surface area contributed by atoms with Crippen LogP contribution >= 0.6 is 22.9 Å². The number of thiophene rings is 1. The standard InChI is InChI=1S/C16H20ClNOS/c1-12(2)14-5-3-4-6-15(14)19-10-9-18-11-13-7-8-16(17)20-13/h3-8,12,18H,9-11H2,1-2H3. The molecule has 1 aromatic heterocycles. The molecule has 2 nitrogen and oxygen atoms in total. The average molecular weight is 310 g/mol. The molecular weight excluding hydrogens is 290 g/mol. The number of benzene rings is 1. The third kappa shape index (κ3) is 4.51. The summed E-state index contributed by atoms with van der Waals surface area (Å²) in [6.07, 6.45) is 0. The maximum absolute atomic E-state index is 5.89. The summed E-state index contributed by atoms with van der Waals surface area (Å²) in [4.78, 5) is 1.25. The van der Waals surface area contributed by atoms with Crippen molar-refractivity contribution >= 4 is 22.9 Å². The highest BCUT2D eigenvalue weighted by Crippen LogP contribution is 2.25. The number of halogens is 1. The molecule has 0 saturated heterocycles. The number of nitrogens with one attached hydrogen (secondary N) is 1. The van der Waals surface area contributed by atoms with E-state index in [2.05, 4.69) is 37.4 Å². The summed E-state index contributed by atoms with van der Waals surface area (Å²) in [5.74, 6) is 1.47. The minimum absolute atomic E-state index is 0.479. The molecule has 0 unspecified atom stereocenters. The van der Waals surface area contributed by atoms with E-state index in [0.29, 0.717) is 12.5 Å². The molecule has 4 heteroatoms. The number of ether oxygens (including phenoxy) is 1. The predicted molar refractivity (Wildman–Crippen MR) is 87.1 cm³/mol. The van der Waals surface area contributed by atoms with Crippen molar-refractivity contribution in [1.29, 1.82) is 0 Å². The summed E-state index contributed by atoms with van der Waals surface area (Å²) in [6, 6.07) is 12.2. The molecule has 0 saturated carbocycles. The van der Waals surface area contributed by atoms with Crippen LogP contribution in [0.15, 0.2) is 36.4 Å². The van der Waals surface area contributed by atoms with Crippen molar-refractivity contribution in [2.75, 3.05) is 13.2 Å². The van der Waals surface area contributed by atoms with E-state index in [1.165, 1.54) is 10.4 Å². The lowest BCUT2D eigenvalue weighted by molar-refractivity contribution is 0.309. The first kappa shape index (κ1) is 15.4. The van der Waals surface area contributed by atoms with E-state index in [1.807, 2.05) is 18.2 Å². The van der Waals surface area contributed by atoms with Gasteiger partial charge in [-0.2, -0.15) is 0 Å². The van der Waals surface area contributed by atoms with Crippen LogP contribution in [0.25, 0.3) is 0 Å². The van der Waals surface area contributed by atoms with Gasteiger partial charge in [0.05, 0.1) is 4.34 Å². The second-order valence-electron chi connectivity index (χ2n) is 4.92. The molecule has 0 aliphatic carbocycles. The number of hydrogen-bond donors (Lipinski definition) is 1. The van der Waals surface area contributed by atoms with Crippen molar-refractivity contribution < 1.29 is 4.74 Å². The van der Waals surface area contributed by atoms with Gasteiger partial charge in [-0.25, -0.2) is 0 Å². The first-order valence-corrected chi connectivity index (χ1v) is 8.03. The van der Waals surface area contributed by atoms with E-state index in [9.17, 15) is 0 Å². The molecule has 1 aromatic carbocycles. The van der Waals surface area contributed by atoms with E-state index in [1.54, 1.807) is 11.3 Å². The first-order valence-electron chi connectivity index (χ1n) is 6.83. The van der Waals surface area contributed by atoms with E-state index in [4.69, 9.17) is 16.3 Å². The highest BCUT2D eigenvalue weighted by Gasteiger charge is 2.06. The summed E-state index contributed by atoms with van der Waals surface area (Å²) in [5.41, 5.74) is 1.26. The van der Waals surface area contributed by atoms with Crippen molar-refractivity contribution in [3.05, 3.63) is 51.2 Å². The molecule has 0 aliphatic heterocycles. The summed E-state index contributed by atoms with van der Waals surface area (Å²) in [5, 5.41) is 3.36. The highest BCUT2D eigenvalue weighted by atomic mass is 35.5. The topological polar surface area (TPSA) is 21.3 Å². The Bertz CT molecular complexity index is 539. The number of rotatable bonds is 7. The van der Waals surface area contributed by atoms with Crippen LogP contribution in [0.4, 0.5) is 0 Å². The van der Waals surface area contributed by atoms with Gasteiger partial charge in [0.1, 0.15) is 12.4 Å². The lowest BCUT2D eigenvalue weighted by atomic mass is 10.0. The van der Waals surface area contributed by atoms with E-state index in [-0.39, 0.29) is 0 Å². The molecule has 0 aliphatic rings. The van der Waals surface area contributed by atoms with Crippen LogP contribution in [0.2, 0.25) is 4.34 Å². The van der Waals surface area contributed by atoms with Gasteiger partial charge in [-0.15, -0.1) is 11.3 Å². The zero-order valence-electron chi connectivity index (χ0n) is 11.9. The molecule has 1 heterocycles. The highest BCUT2D eigenvalue weighted by molar-refractivity contribution is 7.16. The molecule has 2 rings (SSSR count). The summed E-state index contributed by atoms with van der Waals surface area (Å²) in [6.45, 7) is 6.69. The summed E-state index contributed by atoms with van der Waals surface area (Å²) < 4.78 is 6.69. The minimum atomic E-state index is 0.479. The minimum Gasteiger partial charge on any atom is -0.492 e. The molecule has 108 valence electrons. The van der Waals surface area contributed by atoms with Crippen LogP contribution in [0, 0.1) is 0 Å². The third-order valence-corrected chi connectivity index (χ3v) is 4.24. The van der Waals surface area contributed by atoms with Gasteiger partial charge in [0.25, 0.3) is 0 Å². The monoisotopic (exact) mass is 309 g/mol. The van der Waals surface area contributed by atoms with Crippen LogP contribution in [0.1, 0.15) is 30.2 Å². The fourth-order valence-electron chi connectivity index (χ4n) is 1.98. The van der Waals surface area contributed by atoms with Gasteiger partial charge in [0.15, 0.2) is 0 Å². The van der Waals surface area contributed by atoms with Gasteiger partial charge in [-0.3, -0.25) is 0 Å². The van der Waals surface area contributed by atoms with Gasteiger partial charge in [0.2, 0.25) is 0 Å². The Morgan fingerprint density at radius 3 is 2.70 bits per heavy atom. The molecule has 20 heavy (non-hydrogen) atoms. The second-order valence-corrected chi connectivity index (χ2v) is 6.72. The zero-order chi connectivity index (χ0) is 14.4. The Morgan fingerprint density at radius 2 is 2.00 bits per heavy atom. The normalized spacial score (nSPS) is 11.0. The molecule has 0 amide bonds. The maximum atomic E-state index is 5.89. The lowest BCUT2D eigenvalue weighted by Gasteiger charge is -2.13. The van der Waals surface area contributed by atoms with Gasteiger partial charge >= 0.3 is 0 Å². The zero-order valence-corrected chi connectivity index (χ0v) is 13.4. The Kier molecular flexibility index (Phi) is 5.89. The first-order chi connectivity index (χ1) is 9.66. The number of hydrogen-bond acceptors (Lipinski definition) is 3. The molecule has 0 bridgehead atoms. The van der Waals surface area contributed by atoms with Crippen molar-refractivity contribution in [1.82, 2.24) is 5.32 Å². The predicted octanol–water partition coefficient (Wildman–Crippen LogP) is 4.69. The van der Waals surface area contributed by atoms with E-state index < -0.39 is 0 Å². The molecule has 0 spiro atoms. The molecule has 1 N–H and O–H groups in total. The van der Waals surface area contributed by atoms with Crippen molar-refractivity contribution in [2.45, 2.75) is 26.3 Å². The fourth-order valence-corrected chi connectivity index (χ4v) is 3.04. The van der Waals surface area contributed by atoms with Crippen molar-refractivity contribution in [3.63, 3.8) is 0 Å². The van der Waals surface area contributed by atoms with Crippen molar-refractivity contribution in [2.24, 2.45) is 0 Å². The Balaban J connectivity index is 1.73. The summed E-state index contributed by atoms with van der Waals surface area (Å²) >= 11 is 7.50. The van der Waals surface area contributed by atoms with E-state index in [0.717, 1.165) is 23.2 Å². The van der Waals surface area contributed by atoms with Crippen LogP contribution in [0.3, 0.4) is 0 Å². The Hall–Kier alpha value is -1.03. The third-order valence-electron chi connectivity index (χ3n) is 3.01. The Morgan fingerprint density at radius 1 is 1.20 bits per heavy atom. The quantitative estimate of drug-likeness (QED) is 0.749. The van der Waals surface area contributed by atoms with Crippen LogP contribution in [0.5, 0.6) is 5.75 Å². The Labute approximate surface area is 129 Å². The summed E-state index contributed by atoms with van der Waals surface area (Å²) in [7, 11) is 0. The van der Waals surface area contributed by atoms with Gasteiger partial charge < -0.3 is 10.1 Å².